The minimum Gasteiger partial charge on any atom is -0.398 e. The molecule has 0 saturated carbocycles. The van der Waals surface area contributed by atoms with Crippen LogP contribution >= 0.6 is 0 Å². The minimum absolute atomic E-state index is 0.157. The molecule has 4 nitrogen and oxygen atoms in total. The molecular formula is C16H17N3O. The molecule has 2 N–H and O–H groups in total. The summed E-state index contributed by atoms with van der Waals surface area (Å²) in [7, 11) is 0. The highest BCUT2D eigenvalue weighted by molar-refractivity contribution is 5.79. The predicted octanol–water partition coefficient (Wildman–Crippen LogP) is 1.79. The van der Waals surface area contributed by atoms with Crippen LogP contribution in [0.3, 0.4) is 0 Å². The Hall–Kier alpha value is -2.36. The molecule has 0 bridgehead atoms. The highest BCUT2D eigenvalue weighted by atomic mass is 16.2. The number of pyridine rings is 1. The summed E-state index contributed by atoms with van der Waals surface area (Å²) in [6.45, 7) is 1.40. The Morgan fingerprint density at radius 3 is 2.85 bits per heavy atom. The van der Waals surface area contributed by atoms with E-state index in [1.807, 2.05) is 29.2 Å². The van der Waals surface area contributed by atoms with E-state index in [1.54, 1.807) is 12.4 Å². The third-order valence-electron chi connectivity index (χ3n) is 3.76. The Morgan fingerprint density at radius 2 is 2.05 bits per heavy atom. The second-order valence-electron chi connectivity index (χ2n) is 5.08. The summed E-state index contributed by atoms with van der Waals surface area (Å²) in [5.41, 5.74) is 10.2. The first-order chi connectivity index (χ1) is 9.74. The number of aromatic nitrogens is 1. The summed E-state index contributed by atoms with van der Waals surface area (Å²) in [6, 6.07) is 9.69. The van der Waals surface area contributed by atoms with Crippen molar-refractivity contribution in [2.75, 3.05) is 12.3 Å². The lowest BCUT2D eigenvalue weighted by atomic mass is 9.97. The molecule has 0 aliphatic carbocycles. The molecule has 0 saturated heterocycles. The predicted molar refractivity (Wildman–Crippen MR) is 77.9 cm³/mol. The van der Waals surface area contributed by atoms with Gasteiger partial charge < -0.3 is 10.6 Å². The molecule has 2 aromatic rings. The molecule has 102 valence electrons. The first-order valence-electron chi connectivity index (χ1n) is 6.77. The molecule has 1 aliphatic heterocycles. The first-order valence-corrected chi connectivity index (χ1v) is 6.77. The molecule has 4 heteroatoms. The Balaban J connectivity index is 1.72. The van der Waals surface area contributed by atoms with E-state index in [1.165, 1.54) is 11.1 Å². The highest BCUT2D eigenvalue weighted by Crippen LogP contribution is 2.24. The molecule has 0 atom stereocenters. The summed E-state index contributed by atoms with van der Waals surface area (Å²) >= 11 is 0. The quantitative estimate of drug-likeness (QED) is 0.844. The van der Waals surface area contributed by atoms with Gasteiger partial charge in [0.25, 0.3) is 0 Å². The Morgan fingerprint density at radius 1 is 1.25 bits per heavy atom. The lowest BCUT2D eigenvalue weighted by Gasteiger charge is -2.29. The number of amides is 1. The van der Waals surface area contributed by atoms with Crippen molar-refractivity contribution in [2.24, 2.45) is 0 Å². The number of hydrogen-bond acceptors (Lipinski definition) is 3. The fourth-order valence-electron chi connectivity index (χ4n) is 2.64. The van der Waals surface area contributed by atoms with Crippen LogP contribution < -0.4 is 5.73 Å². The van der Waals surface area contributed by atoms with Gasteiger partial charge in [0.1, 0.15) is 0 Å². The minimum atomic E-state index is 0.157. The smallest absolute Gasteiger partial charge is 0.227 e. The molecule has 0 unspecified atom stereocenters. The molecule has 3 rings (SSSR count). The fraction of sp³-hybridized carbons (Fsp3) is 0.250. The van der Waals surface area contributed by atoms with Gasteiger partial charge in [-0.15, -0.1) is 0 Å². The molecule has 0 radical (unpaired) electrons. The van der Waals surface area contributed by atoms with Crippen LogP contribution in [0.25, 0.3) is 0 Å². The maximum absolute atomic E-state index is 12.3. The molecule has 0 fully saturated rings. The zero-order valence-corrected chi connectivity index (χ0v) is 11.2. The van der Waals surface area contributed by atoms with E-state index in [0.29, 0.717) is 13.0 Å². The monoisotopic (exact) mass is 267 g/mol. The normalized spacial score (nSPS) is 13.9. The van der Waals surface area contributed by atoms with Gasteiger partial charge in [0.05, 0.1) is 6.42 Å². The molecule has 1 aromatic carbocycles. The van der Waals surface area contributed by atoms with Crippen molar-refractivity contribution >= 4 is 11.6 Å². The Labute approximate surface area is 118 Å². The largest absolute Gasteiger partial charge is 0.398 e. The third kappa shape index (κ3) is 2.50. The number of nitrogen functional groups attached to an aromatic ring is 1. The van der Waals surface area contributed by atoms with Gasteiger partial charge in [0.15, 0.2) is 0 Å². The molecule has 1 aliphatic rings. The number of fused-ring (bicyclic) bond motifs is 1. The number of anilines is 1. The Kier molecular flexibility index (Phi) is 3.37. The van der Waals surface area contributed by atoms with Gasteiger partial charge >= 0.3 is 0 Å². The van der Waals surface area contributed by atoms with E-state index >= 15 is 0 Å². The number of nitrogens with zero attached hydrogens (tertiary/aromatic N) is 2. The molecule has 1 aromatic heterocycles. The van der Waals surface area contributed by atoms with Crippen molar-refractivity contribution in [1.29, 1.82) is 0 Å². The number of carbonyl (C=O) groups excluding carboxylic acids is 1. The van der Waals surface area contributed by atoms with Crippen LogP contribution in [0, 0.1) is 0 Å². The van der Waals surface area contributed by atoms with Crippen molar-refractivity contribution in [2.45, 2.75) is 19.4 Å². The summed E-state index contributed by atoms with van der Waals surface area (Å²) in [4.78, 5) is 18.2. The average Bonchev–Trinajstić information content (AvgIpc) is 2.48. The van der Waals surface area contributed by atoms with Gasteiger partial charge in [0, 0.05) is 31.2 Å². The first kappa shape index (κ1) is 12.7. The van der Waals surface area contributed by atoms with Crippen LogP contribution in [0.1, 0.15) is 16.7 Å². The lowest BCUT2D eigenvalue weighted by Crippen LogP contribution is -2.37. The number of rotatable bonds is 2. The van der Waals surface area contributed by atoms with Crippen LogP contribution in [0.4, 0.5) is 5.69 Å². The van der Waals surface area contributed by atoms with Gasteiger partial charge in [-0.2, -0.15) is 0 Å². The maximum atomic E-state index is 12.3. The Bertz CT molecular complexity index is 625. The summed E-state index contributed by atoms with van der Waals surface area (Å²) in [6.07, 6.45) is 4.70. The number of carbonyl (C=O) groups is 1. The lowest BCUT2D eigenvalue weighted by molar-refractivity contribution is -0.131. The van der Waals surface area contributed by atoms with E-state index < -0.39 is 0 Å². The van der Waals surface area contributed by atoms with Gasteiger partial charge in [0.2, 0.25) is 5.91 Å². The molecular weight excluding hydrogens is 250 g/mol. The van der Waals surface area contributed by atoms with Gasteiger partial charge in [-0.05, 0) is 41.3 Å². The van der Waals surface area contributed by atoms with E-state index in [0.717, 1.165) is 24.2 Å². The van der Waals surface area contributed by atoms with E-state index in [2.05, 4.69) is 11.1 Å². The number of nitrogens with two attached hydrogens (primary N) is 1. The fourth-order valence-corrected chi connectivity index (χ4v) is 2.64. The van der Waals surface area contributed by atoms with Gasteiger partial charge in [-0.25, -0.2) is 0 Å². The zero-order chi connectivity index (χ0) is 13.9. The SMILES string of the molecule is Nc1cccc2c1CCN(C(=O)Cc1ccncc1)C2. The summed E-state index contributed by atoms with van der Waals surface area (Å²) < 4.78 is 0. The molecule has 1 amide bonds. The van der Waals surface area contributed by atoms with Crippen molar-refractivity contribution in [3.05, 3.63) is 59.4 Å². The molecule has 0 spiro atoms. The van der Waals surface area contributed by atoms with Crippen LogP contribution in [0.15, 0.2) is 42.7 Å². The summed E-state index contributed by atoms with van der Waals surface area (Å²) in [5.74, 6) is 0.157. The number of hydrogen-bond donors (Lipinski definition) is 1. The van der Waals surface area contributed by atoms with Gasteiger partial charge in [-0.1, -0.05) is 12.1 Å². The van der Waals surface area contributed by atoms with Gasteiger partial charge in [-0.3, -0.25) is 9.78 Å². The summed E-state index contributed by atoms with van der Waals surface area (Å²) in [5, 5.41) is 0. The van der Waals surface area contributed by atoms with Crippen LogP contribution in [0.5, 0.6) is 0 Å². The second-order valence-corrected chi connectivity index (χ2v) is 5.08. The number of benzene rings is 1. The van der Waals surface area contributed by atoms with Crippen molar-refractivity contribution < 1.29 is 4.79 Å². The van der Waals surface area contributed by atoms with E-state index in [9.17, 15) is 4.79 Å². The van der Waals surface area contributed by atoms with Crippen LogP contribution in [-0.2, 0) is 24.2 Å². The van der Waals surface area contributed by atoms with Crippen LogP contribution in [0.2, 0.25) is 0 Å². The molecule has 20 heavy (non-hydrogen) atoms. The van der Waals surface area contributed by atoms with Crippen molar-refractivity contribution in [1.82, 2.24) is 9.88 Å². The third-order valence-corrected chi connectivity index (χ3v) is 3.76. The maximum Gasteiger partial charge on any atom is 0.227 e. The zero-order valence-electron chi connectivity index (χ0n) is 11.2. The van der Waals surface area contributed by atoms with Crippen molar-refractivity contribution in [3.63, 3.8) is 0 Å². The average molecular weight is 267 g/mol. The standard InChI is InChI=1S/C16H17N3O/c17-15-3-1-2-13-11-19(9-6-14(13)15)16(20)10-12-4-7-18-8-5-12/h1-5,7-8H,6,9-11,17H2. The van der Waals surface area contributed by atoms with Crippen LogP contribution in [-0.4, -0.2) is 22.3 Å². The topological polar surface area (TPSA) is 59.2 Å². The second kappa shape index (κ2) is 5.33. The highest BCUT2D eigenvalue weighted by Gasteiger charge is 2.21. The van der Waals surface area contributed by atoms with Crippen molar-refractivity contribution in [3.8, 4) is 0 Å². The van der Waals surface area contributed by atoms with E-state index in [4.69, 9.17) is 5.73 Å². The molecule has 2 heterocycles. The van der Waals surface area contributed by atoms with E-state index in [-0.39, 0.29) is 5.91 Å².